The number of amides is 4. The summed E-state index contributed by atoms with van der Waals surface area (Å²) in [6.45, 7) is 19.1. The second-order valence-corrected chi connectivity index (χ2v) is 14.8. The third-order valence-electron chi connectivity index (χ3n) is 6.97. The Morgan fingerprint density at radius 2 is 1.02 bits per heavy atom. The highest BCUT2D eigenvalue weighted by molar-refractivity contribution is 5.81. The van der Waals surface area contributed by atoms with Gasteiger partial charge in [0.05, 0.1) is 6.04 Å². The van der Waals surface area contributed by atoms with E-state index < -0.39 is 41.1 Å². The fourth-order valence-electron chi connectivity index (χ4n) is 4.63. The zero-order valence-electron chi connectivity index (χ0n) is 30.0. The fourth-order valence-corrected chi connectivity index (χ4v) is 4.63. The van der Waals surface area contributed by atoms with E-state index in [4.69, 9.17) is 19.9 Å². The molecule has 1 aliphatic heterocycles. The fraction of sp³-hybridized carbons (Fsp3) is 0.706. The molecular formula is C34H58N6O7. The van der Waals surface area contributed by atoms with Gasteiger partial charge in [-0.2, -0.15) is 0 Å². The predicted octanol–water partition coefficient (Wildman–Crippen LogP) is 3.70. The van der Waals surface area contributed by atoms with E-state index >= 15 is 0 Å². The van der Waals surface area contributed by atoms with Crippen LogP contribution < -0.4 is 11.1 Å². The first-order valence-corrected chi connectivity index (χ1v) is 16.5. The summed E-state index contributed by atoms with van der Waals surface area (Å²) >= 11 is 0. The molecule has 47 heavy (non-hydrogen) atoms. The molecule has 2 rings (SSSR count). The molecule has 13 nitrogen and oxygen atoms in total. The van der Waals surface area contributed by atoms with Crippen LogP contribution in [-0.4, -0.2) is 132 Å². The van der Waals surface area contributed by atoms with Crippen molar-refractivity contribution < 1.29 is 33.4 Å². The van der Waals surface area contributed by atoms with Gasteiger partial charge in [0.2, 0.25) is 5.91 Å². The van der Waals surface area contributed by atoms with Crippen LogP contribution in [0.15, 0.2) is 30.3 Å². The Balaban J connectivity index is 2.23. The Hall–Kier alpha value is -3.58. The summed E-state index contributed by atoms with van der Waals surface area (Å²) in [5, 5.41) is 2.93. The molecule has 1 aromatic rings. The Morgan fingerprint density at radius 1 is 0.660 bits per heavy atom. The van der Waals surface area contributed by atoms with Crippen LogP contribution in [0.4, 0.5) is 14.4 Å². The summed E-state index contributed by atoms with van der Waals surface area (Å²) in [7, 11) is 0. The lowest BCUT2D eigenvalue weighted by atomic mass is 10.1. The number of hydrogen-bond donors (Lipinski definition) is 2. The largest absolute Gasteiger partial charge is 0.444 e. The lowest BCUT2D eigenvalue weighted by Gasteiger charge is -2.35. The van der Waals surface area contributed by atoms with Gasteiger partial charge < -0.3 is 40.0 Å². The van der Waals surface area contributed by atoms with Gasteiger partial charge in [-0.1, -0.05) is 30.3 Å². The molecule has 0 radical (unpaired) electrons. The van der Waals surface area contributed by atoms with E-state index in [0.717, 1.165) is 5.56 Å². The highest BCUT2D eigenvalue weighted by Gasteiger charge is 2.29. The van der Waals surface area contributed by atoms with E-state index in [1.54, 1.807) is 72.1 Å². The lowest BCUT2D eigenvalue weighted by Crippen LogP contribution is -2.52. The van der Waals surface area contributed by atoms with E-state index in [1.165, 1.54) is 4.90 Å². The van der Waals surface area contributed by atoms with Crippen molar-refractivity contribution in [1.29, 1.82) is 0 Å². The van der Waals surface area contributed by atoms with Crippen molar-refractivity contribution in [3.63, 3.8) is 0 Å². The second kappa shape index (κ2) is 17.5. The van der Waals surface area contributed by atoms with Crippen molar-refractivity contribution in [1.82, 2.24) is 24.9 Å². The maximum Gasteiger partial charge on any atom is 0.410 e. The average Bonchev–Trinajstić information content (AvgIpc) is 2.91. The number of rotatable bonds is 6. The summed E-state index contributed by atoms with van der Waals surface area (Å²) in [5.41, 5.74) is 5.02. The quantitative estimate of drug-likeness (QED) is 0.436. The molecule has 0 aliphatic carbocycles. The van der Waals surface area contributed by atoms with E-state index in [0.29, 0.717) is 45.7 Å². The molecule has 0 unspecified atom stereocenters. The maximum atomic E-state index is 13.3. The standard InChI is InChI=1S/C34H58N6O7/c1-32(2,3)45-29(42)38-19-17-37(16-15-36-28(41)27(35)25-26-13-11-10-12-14-26)18-20-39(30(43)46-33(4,5)6)22-24-40(23-21-38)31(44)47-34(7,8)9/h10-14,27H,15-25,35H2,1-9H3,(H,36,41)/t27-/m0/s1. The zero-order valence-corrected chi connectivity index (χ0v) is 30.0. The number of benzene rings is 1. The molecule has 4 amide bonds. The van der Waals surface area contributed by atoms with E-state index in [-0.39, 0.29) is 32.1 Å². The van der Waals surface area contributed by atoms with Crippen LogP contribution in [0.3, 0.4) is 0 Å². The summed E-state index contributed by atoms with van der Waals surface area (Å²) < 4.78 is 17.0. The first-order chi connectivity index (χ1) is 21.7. The number of nitrogens with zero attached hydrogens (tertiary/aromatic N) is 4. The summed E-state index contributed by atoms with van der Waals surface area (Å²) in [5.74, 6) is -0.254. The molecular weight excluding hydrogens is 604 g/mol. The maximum absolute atomic E-state index is 13.3. The van der Waals surface area contributed by atoms with Gasteiger partial charge in [-0.25, -0.2) is 14.4 Å². The van der Waals surface area contributed by atoms with Crippen molar-refractivity contribution in [3.8, 4) is 0 Å². The second-order valence-electron chi connectivity index (χ2n) is 14.8. The van der Waals surface area contributed by atoms with Crippen molar-refractivity contribution in [3.05, 3.63) is 35.9 Å². The van der Waals surface area contributed by atoms with E-state index in [9.17, 15) is 19.2 Å². The summed E-state index contributed by atoms with van der Waals surface area (Å²) in [6.07, 6.45) is -1.10. The Bertz CT molecular complexity index is 1120. The van der Waals surface area contributed by atoms with Gasteiger partial charge in [-0.05, 0) is 74.3 Å². The summed E-state index contributed by atoms with van der Waals surface area (Å²) in [4.78, 5) is 59.2. The SMILES string of the molecule is CC(C)(C)OC(=O)N1CCN(CCNC(=O)[C@@H](N)Cc2ccccc2)CCN(C(=O)OC(C)(C)C)CCN(C(=O)OC(C)(C)C)CC1. The first kappa shape index (κ1) is 39.6. The number of carbonyl (C=O) groups is 4. The van der Waals surface area contributed by atoms with Crippen LogP contribution in [0.5, 0.6) is 0 Å². The van der Waals surface area contributed by atoms with Gasteiger partial charge in [-0.3, -0.25) is 9.69 Å². The Kier molecular flexibility index (Phi) is 14.8. The average molecular weight is 663 g/mol. The topological polar surface area (TPSA) is 147 Å². The third kappa shape index (κ3) is 16.2. The van der Waals surface area contributed by atoms with Gasteiger partial charge in [-0.15, -0.1) is 0 Å². The molecule has 0 spiro atoms. The number of ether oxygens (including phenoxy) is 3. The van der Waals surface area contributed by atoms with Crippen LogP contribution in [0.25, 0.3) is 0 Å². The normalized spacial score (nSPS) is 16.8. The molecule has 1 aliphatic rings. The minimum Gasteiger partial charge on any atom is -0.444 e. The molecule has 13 heteroatoms. The van der Waals surface area contributed by atoms with Crippen LogP contribution in [0.2, 0.25) is 0 Å². The number of hydrogen-bond acceptors (Lipinski definition) is 9. The van der Waals surface area contributed by atoms with Gasteiger partial charge in [0.15, 0.2) is 0 Å². The highest BCUT2D eigenvalue weighted by Crippen LogP contribution is 2.15. The number of nitrogens with one attached hydrogen (secondary N) is 1. The van der Waals surface area contributed by atoms with Crippen LogP contribution >= 0.6 is 0 Å². The van der Waals surface area contributed by atoms with E-state index in [1.807, 2.05) is 30.3 Å². The third-order valence-corrected chi connectivity index (χ3v) is 6.97. The highest BCUT2D eigenvalue weighted by atomic mass is 16.6. The monoisotopic (exact) mass is 662 g/mol. The van der Waals surface area contributed by atoms with Gasteiger partial charge in [0.1, 0.15) is 16.8 Å². The van der Waals surface area contributed by atoms with Gasteiger partial charge in [0, 0.05) is 65.4 Å². The van der Waals surface area contributed by atoms with Crippen LogP contribution in [0.1, 0.15) is 67.9 Å². The molecule has 0 aromatic heterocycles. The lowest BCUT2D eigenvalue weighted by molar-refractivity contribution is -0.122. The van der Waals surface area contributed by atoms with Crippen molar-refractivity contribution in [2.75, 3.05) is 65.4 Å². The molecule has 266 valence electrons. The van der Waals surface area contributed by atoms with Gasteiger partial charge in [0.25, 0.3) is 0 Å². The Labute approximate surface area is 281 Å². The smallest absolute Gasteiger partial charge is 0.410 e. The molecule has 1 saturated heterocycles. The molecule has 1 atom stereocenters. The molecule has 0 bridgehead atoms. The Morgan fingerprint density at radius 3 is 1.38 bits per heavy atom. The molecule has 0 saturated carbocycles. The van der Waals surface area contributed by atoms with Gasteiger partial charge >= 0.3 is 18.3 Å². The first-order valence-electron chi connectivity index (χ1n) is 16.5. The van der Waals surface area contributed by atoms with Crippen LogP contribution in [-0.2, 0) is 25.4 Å². The molecule has 3 N–H and O–H groups in total. The predicted molar refractivity (Wildman–Crippen MR) is 181 cm³/mol. The van der Waals surface area contributed by atoms with Crippen LogP contribution in [0, 0.1) is 0 Å². The minimum absolute atomic E-state index is 0.172. The zero-order chi connectivity index (χ0) is 35.4. The number of nitrogens with two attached hydrogens (primary N) is 1. The van der Waals surface area contributed by atoms with Crippen molar-refractivity contribution in [2.45, 2.75) is 91.6 Å². The molecule has 1 aromatic carbocycles. The number of carbonyl (C=O) groups excluding carboxylic acids is 4. The summed E-state index contributed by atoms with van der Waals surface area (Å²) in [6, 6.07) is 8.91. The molecule has 1 heterocycles. The van der Waals surface area contributed by atoms with E-state index in [2.05, 4.69) is 10.2 Å². The molecule has 1 fully saturated rings. The van der Waals surface area contributed by atoms with Crippen molar-refractivity contribution in [2.24, 2.45) is 5.73 Å². The van der Waals surface area contributed by atoms with Crippen molar-refractivity contribution >= 4 is 24.2 Å². The minimum atomic E-state index is -0.724.